The van der Waals surface area contributed by atoms with E-state index in [1.54, 1.807) is 41.4 Å². The van der Waals surface area contributed by atoms with E-state index in [4.69, 9.17) is 4.74 Å². The summed E-state index contributed by atoms with van der Waals surface area (Å²) in [6.07, 6.45) is 9.35. The molecule has 30 heavy (non-hydrogen) atoms. The van der Waals surface area contributed by atoms with Crippen molar-refractivity contribution in [1.82, 2.24) is 29.7 Å². The van der Waals surface area contributed by atoms with Crippen molar-refractivity contribution in [3.05, 3.63) is 66.5 Å². The van der Waals surface area contributed by atoms with Gasteiger partial charge in [0.15, 0.2) is 5.16 Å². The molecule has 0 radical (unpaired) electrons. The molecule has 0 saturated carbocycles. The second kappa shape index (κ2) is 10.2. The number of carbonyl (C=O) groups excluding carboxylic acids is 1. The number of carbonyl (C=O) groups is 1. The van der Waals surface area contributed by atoms with Crippen molar-refractivity contribution in [2.45, 2.75) is 18.1 Å². The maximum absolute atomic E-state index is 12.5. The monoisotopic (exact) mass is 424 g/mol. The molecule has 0 bridgehead atoms. The fraction of sp³-hybridized carbons (Fsp3) is 0.333. The third-order valence-electron chi connectivity index (χ3n) is 4.86. The van der Waals surface area contributed by atoms with Crippen LogP contribution in [0.3, 0.4) is 0 Å². The smallest absolute Gasteiger partial charge is 0.410 e. The topological polar surface area (TPSA) is 87.2 Å². The van der Waals surface area contributed by atoms with Crippen molar-refractivity contribution in [3.8, 4) is 5.75 Å². The Kier molecular flexibility index (Phi) is 6.94. The van der Waals surface area contributed by atoms with Gasteiger partial charge in [-0.25, -0.2) is 9.78 Å². The molecule has 0 aliphatic carbocycles. The summed E-state index contributed by atoms with van der Waals surface area (Å²) >= 11 is 1.69. The van der Waals surface area contributed by atoms with Gasteiger partial charge >= 0.3 is 6.09 Å². The number of benzene rings is 1. The Morgan fingerprint density at radius 1 is 1.07 bits per heavy atom. The molecular weight excluding hydrogens is 400 g/mol. The summed E-state index contributed by atoms with van der Waals surface area (Å²) in [4.78, 5) is 32.2. The van der Waals surface area contributed by atoms with Crippen LogP contribution in [-0.2, 0) is 13.0 Å². The summed E-state index contributed by atoms with van der Waals surface area (Å²) in [5.41, 5.74) is 2.14. The summed E-state index contributed by atoms with van der Waals surface area (Å²) in [5.74, 6) is 1.51. The molecule has 3 heterocycles. The zero-order valence-electron chi connectivity index (χ0n) is 16.6. The van der Waals surface area contributed by atoms with Crippen LogP contribution in [0.5, 0.6) is 5.75 Å². The number of amides is 1. The van der Waals surface area contributed by atoms with E-state index in [1.165, 1.54) is 5.56 Å². The zero-order chi connectivity index (χ0) is 20.6. The van der Waals surface area contributed by atoms with Crippen LogP contribution in [0.15, 0.2) is 60.4 Å². The van der Waals surface area contributed by atoms with Crippen LogP contribution in [0, 0.1) is 0 Å². The Hall–Kier alpha value is -2.91. The van der Waals surface area contributed by atoms with E-state index in [1.807, 2.05) is 30.5 Å². The van der Waals surface area contributed by atoms with Gasteiger partial charge in [0.1, 0.15) is 5.75 Å². The van der Waals surface area contributed by atoms with Gasteiger partial charge in [-0.2, -0.15) is 0 Å². The van der Waals surface area contributed by atoms with E-state index >= 15 is 0 Å². The van der Waals surface area contributed by atoms with Gasteiger partial charge in [-0.05, 0) is 24.1 Å². The highest BCUT2D eigenvalue weighted by molar-refractivity contribution is 7.99. The molecule has 1 aliphatic rings. The Bertz CT molecular complexity index is 912. The molecule has 4 rings (SSSR count). The van der Waals surface area contributed by atoms with Gasteiger partial charge in [0.2, 0.25) is 0 Å². The van der Waals surface area contributed by atoms with Crippen molar-refractivity contribution in [2.75, 3.05) is 31.9 Å². The molecule has 1 saturated heterocycles. The number of nitrogens with zero attached hydrogens (tertiary/aromatic N) is 5. The average Bonchev–Trinajstić information content (AvgIpc) is 3.30. The molecule has 0 unspecified atom stereocenters. The minimum Gasteiger partial charge on any atom is -0.410 e. The quantitative estimate of drug-likeness (QED) is 0.584. The predicted molar refractivity (Wildman–Crippen MR) is 114 cm³/mol. The fourth-order valence-corrected chi connectivity index (χ4v) is 4.03. The number of aromatic amines is 1. The third kappa shape index (κ3) is 5.80. The van der Waals surface area contributed by atoms with Crippen LogP contribution < -0.4 is 4.74 Å². The highest BCUT2D eigenvalue weighted by Gasteiger charge is 2.22. The average molecular weight is 425 g/mol. The molecule has 1 fully saturated rings. The molecule has 3 aromatic rings. The van der Waals surface area contributed by atoms with Crippen LogP contribution in [0.1, 0.15) is 11.3 Å². The number of aromatic nitrogens is 4. The maximum Gasteiger partial charge on any atom is 0.415 e. The van der Waals surface area contributed by atoms with Crippen molar-refractivity contribution in [1.29, 1.82) is 0 Å². The van der Waals surface area contributed by atoms with E-state index in [-0.39, 0.29) is 6.09 Å². The first-order valence-electron chi connectivity index (χ1n) is 9.91. The summed E-state index contributed by atoms with van der Waals surface area (Å²) < 4.78 is 5.55. The van der Waals surface area contributed by atoms with E-state index < -0.39 is 0 Å². The lowest BCUT2D eigenvalue weighted by Crippen LogP contribution is -2.49. The highest BCUT2D eigenvalue weighted by atomic mass is 32.2. The van der Waals surface area contributed by atoms with Gasteiger partial charge in [0.25, 0.3) is 0 Å². The number of ether oxygens (including phenoxy) is 1. The molecule has 8 nitrogen and oxygen atoms in total. The number of piperazine rings is 1. The zero-order valence-corrected chi connectivity index (χ0v) is 17.4. The maximum atomic E-state index is 12.5. The van der Waals surface area contributed by atoms with E-state index in [2.05, 4.69) is 24.8 Å². The third-order valence-corrected chi connectivity index (χ3v) is 5.77. The van der Waals surface area contributed by atoms with Crippen LogP contribution in [0.4, 0.5) is 4.79 Å². The molecule has 0 spiro atoms. The number of nitrogens with one attached hydrogen (secondary N) is 1. The molecule has 0 atom stereocenters. The summed E-state index contributed by atoms with van der Waals surface area (Å²) in [6.45, 7) is 3.61. The van der Waals surface area contributed by atoms with E-state index in [9.17, 15) is 4.79 Å². The fourth-order valence-electron chi connectivity index (χ4n) is 3.21. The number of H-pyrrole nitrogens is 1. The van der Waals surface area contributed by atoms with Gasteiger partial charge in [-0.15, -0.1) is 0 Å². The predicted octanol–water partition coefficient (Wildman–Crippen LogP) is 2.85. The summed E-state index contributed by atoms with van der Waals surface area (Å²) in [5, 5.41) is 0.928. The van der Waals surface area contributed by atoms with Crippen LogP contribution in [0.25, 0.3) is 0 Å². The largest absolute Gasteiger partial charge is 0.415 e. The van der Waals surface area contributed by atoms with Gasteiger partial charge in [0, 0.05) is 69.5 Å². The molecule has 1 N–H and O–H groups in total. The second-order valence-corrected chi connectivity index (χ2v) is 8.05. The number of hydrogen-bond donors (Lipinski definition) is 1. The summed E-state index contributed by atoms with van der Waals surface area (Å²) in [6, 6.07) is 7.72. The standard InChI is InChI=1S/C21H24N6O2S/c28-21(27-12-10-26(11-13-27)16-18-15-22-6-7-23-18)29-19-3-1-17(2-4-19)5-14-30-20-24-8-9-25-20/h1-4,6-9,15H,5,10-14,16H2,(H,24,25). The lowest BCUT2D eigenvalue weighted by Gasteiger charge is -2.33. The van der Waals surface area contributed by atoms with Crippen molar-refractivity contribution >= 4 is 17.9 Å². The number of hydrogen-bond acceptors (Lipinski definition) is 7. The lowest BCUT2D eigenvalue weighted by molar-refractivity contribution is 0.107. The summed E-state index contributed by atoms with van der Waals surface area (Å²) in [7, 11) is 0. The first-order valence-corrected chi connectivity index (χ1v) is 10.9. The van der Waals surface area contributed by atoms with Gasteiger partial charge in [0.05, 0.1) is 5.69 Å². The Morgan fingerprint density at radius 2 is 1.90 bits per heavy atom. The molecule has 156 valence electrons. The van der Waals surface area contributed by atoms with E-state index in [0.29, 0.717) is 18.8 Å². The van der Waals surface area contributed by atoms with Crippen LogP contribution >= 0.6 is 11.8 Å². The second-order valence-electron chi connectivity index (χ2n) is 6.96. The Morgan fingerprint density at radius 3 is 2.60 bits per heavy atom. The van der Waals surface area contributed by atoms with Crippen LogP contribution in [-0.4, -0.2) is 67.8 Å². The molecule has 2 aromatic heterocycles. The Balaban J connectivity index is 1.19. The minimum atomic E-state index is -0.296. The Labute approximate surface area is 179 Å². The number of imidazole rings is 1. The SMILES string of the molecule is O=C(Oc1ccc(CCSc2ncc[nH]2)cc1)N1CCN(Cc2cnccn2)CC1. The highest BCUT2D eigenvalue weighted by Crippen LogP contribution is 2.18. The number of thioether (sulfide) groups is 1. The van der Waals surface area contributed by atoms with Gasteiger partial charge in [-0.1, -0.05) is 23.9 Å². The van der Waals surface area contributed by atoms with Crippen molar-refractivity contribution < 1.29 is 9.53 Å². The van der Waals surface area contributed by atoms with Crippen molar-refractivity contribution in [2.24, 2.45) is 0 Å². The lowest BCUT2D eigenvalue weighted by atomic mass is 10.2. The first-order chi connectivity index (χ1) is 14.8. The number of aryl methyl sites for hydroxylation is 1. The van der Waals surface area contributed by atoms with Crippen molar-refractivity contribution in [3.63, 3.8) is 0 Å². The normalized spacial score (nSPS) is 14.6. The molecule has 9 heteroatoms. The van der Waals surface area contributed by atoms with Crippen LogP contribution in [0.2, 0.25) is 0 Å². The van der Waals surface area contributed by atoms with Gasteiger partial charge < -0.3 is 14.6 Å². The number of rotatable bonds is 7. The molecule has 1 amide bonds. The van der Waals surface area contributed by atoms with E-state index in [0.717, 1.165) is 42.7 Å². The van der Waals surface area contributed by atoms with Gasteiger partial charge in [-0.3, -0.25) is 14.9 Å². The minimum absolute atomic E-state index is 0.296. The first kappa shape index (κ1) is 20.4. The molecular formula is C21H24N6O2S. The molecule has 1 aromatic carbocycles. The molecule has 1 aliphatic heterocycles.